The van der Waals surface area contributed by atoms with Crippen molar-refractivity contribution in [2.75, 3.05) is 6.54 Å². The lowest BCUT2D eigenvalue weighted by atomic mass is 9.77. The predicted octanol–water partition coefficient (Wildman–Crippen LogP) is 3.50. The third kappa shape index (κ3) is 5.77. The topological polar surface area (TPSA) is 29.9 Å². The number of rotatable bonds is 5. The summed E-state index contributed by atoms with van der Waals surface area (Å²) < 4.78 is 2.01. The highest BCUT2D eigenvalue weighted by Gasteiger charge is 2.26. The molecule has 1 aromatic rings. The largest absolute Gasteiger partial charge is 0.312 e. The average molecular weight is 265 g/mol. The van der Waals surface area contributed by atoms with Gasteiger partial charge in [0, 0.05) is 18.3 Å². The van der Waals surface area contributed by atoms with Crippen LogP contribution in [0.5, 0.6) is 0 Å². The number of nitrogens with one attached hydrogen (secondary N) is 1. The molecule has 1 N–H and O–H groups in total. The van der Waals surface area contributed by atoms with Crippen molar-refractivity contribution in [3.8, 4) is 0 Å². The van der Waals surface area contributed by atoms with E-state index in [0.717, 1.165) is 19.5 Å². The lowest BCUT2D eigenvalue weighted by Crippen LogP contribution is -2.42. The maximum absolute atomic E-state index is 4.37. The number of aryl methyl sites for hydroxylation is 1. The molecule has 0 saturated heterocycles. The van der Waals surface area contributed by atoms with Gasteiger partial charge in [0.25, 0.3) is 0 Å². The van der Waals surface area contributed by atoms with Gasteiger partial charge in [-0.3, -0.25) is 4.68 Å². The molecule has 110 valence electrons. The van der Waals surface area contributed by atoms with E-state index in [9.17, 15) is 0 Å². The Kier molecular flexibility index (Phi) is 5.19. The molecule has 1 atom stereocenters. The number of nitrogens with zero attached hydrogens (tertiary/aromatic N) is 2. The van der Waals surface area contributed by atoms with Crippen LogP contribution in [-0.4, -0.2) is 21.9 Å². The molecule has 0 spiro atoms. The summed E-state index contributed by atoms with van der Waals surface area (Å²) in [6, 6.07) is 0. The standard InChI is InChI=1S/C16H31N3/c1-8-19-12-13(10-18-19)9-14(15(2,3)4)11-17-16(5,6)7/h10,12,14,17H,8-9,11H2,1-7H3. The van der Waals surface area contributed by atoms with Gasteiger partial charge in [-0.05, 0) is 57.6 Å². The second-order valence-corrected chi connectivity index (χ2v) is 7.60. The molecule has 0 aliphatic heterocycles. The Morgan fingerprint density at radius 1 is 1.21 bits per heavy atom. The molecule has 1 rings (SSSR count). The zero-order valence-electron chi connectivity index (χ0n) is 13.7. The van der Waals surface area contributed by atoms with Crippen LogP contribution in [0.15, 0.2) is 12.4 Å². The predicted molar refractivity (Wildman–Crippen MR) is 82.3 cm³/mol. The summed E-state index contributed by atoms with van der Waals surface area (Å²) in [4.78, 5) is 0. The Balaban J connectivity index is 2.70. The van der Waals surface area contributed by atoms with Gasteiger partial charge in [0.1, 0.15) is 0 Å². The summed E-state index contributed by atoms with van der Waals surface area (Å²) in [5, 5.41) is 8.02. The first-order valence-electron chi connectivity index (χ1n) is 7.38. The zero-order chi connectivity index (χ0) is 14.7. The van der Waals surface area contributed by atoms with Gasteiger partial charge in [-0.2, -0.15) is 5.10 Å². The van der Waals surface area contributed by atoms with Crippen molar-refractivity contribution >= 4 is 0 Å². The molecule has 0 fully saturated rings. The first-order valence-corrected chi connectivity index (χ1v) is 7.38. The van der Waals surface area contributed by atoms with E-state index in [1.807, 2.05) is 10.9 Å². The zero-order valence-corrected chi connectivity index (χ0v) is 13.7. The quantitative estimate of drug-likeness (QED) is 0.883. The van der Waals surface area contributed by atoms with Crippen molar-refractivity contribution in [1.29, 1.82) is 0 Å². The summed E-state index contributed by atoms with van der Waals surface area (Å²) in [5.41, 5.74) is 1.82. The maximum Gasteiger partial charge on any atom is 0.0521 e. The highest BCUT2D eigenvalue weighted by molar-refractivity contribution is 5.06. The highest BCUT2D eigenvalue weighted by Crippen LogP contribution is 2.29. The number of aromatic nitrogens is 2. The van der Waals surface area contributed by atoms with Crippen molar-refractivity contribution in [3.05, 3.63) is 18.0 Å². The third-order valence-electron chi connectivity index (χ3n) is 3.60. The van der Waals surface area contributed by atoms with Gasteiger partial charge < -0.3 is 5.32 Å². The summed E-state index contributed by atoms with van der Waals surface area (Å²) in [6.07, 6.45) is 5.28. The fourth-order valence-corrected chi connectivity index (χ4v) is 2.08. The van der Waals surface area contributed by atoms with Gasteiger partial charge in [0.05, 0.1) is 6.20 Å². The Labute approximate surface area is 118 Å². The normalized spacial score (nSPS) is 14.7. The van der Waals surface area contributed by atoms with Crippen molar-refractivity contribution < 1.29 is 0 Å². The van der Waals surface area contributed by atoms with Gasteiger partial charge in [0.2, 0.25) is 0 Å². The smallest absolute Gasteiger partial charge is 0.0521 e. The monoisotopic (exact) mass is 265 g/mol. The van der Waals surface area contributed by atoms with Crippen molar-refractivity contribution in [1.82, 2.24) is 15.1 Å². The second-order valence-electron chi connectivity index (χ2n) is 7.60. The first kappa shape index (κ1) is 16.2. The van der Waals surface area contributed by atoms with Crippen LogP contribution in [0.2, 0.25) is 0 Å². The summed E-state index contributed by atoms with van der Waals surface area (Å²) in [6.45, 7) is 17.8. The second kappa shape index (κ2) is 6.08. The van der Waals surface area contributed by atoms with Crippen LogP contribution in [0.3, 0.4) is 0 Å². The first-order chi connectivity index (χ1) is 8.62. The minimum Gasteiger partial charge on any atom is -0.312 e. The molecule has 0 saturated carbocycles. The van der Waals surface area contributed by atoms with E-state index >= 15 is 0 Å². The highest BCUT2D eigenvalue weighted by atomic mass is 15.3. The molecule has 1 aromatic heterocycles. The minimum atomic E-state index is 0.178. The molecule has 0 radical (unpaired) electrons. The van der Waals surface area contributed by atoms with E-state index < -0.39 is 0 Å². The van der Waals surface area contributed by atoms with E-state index in [1.165, 1.54) is 5.56 Å². The van der Waals surface area contributed by atoms with E-state index in [0.29, 0.717) is 11.3 Å². The van der Waals surface area contributed by atoms with Crippen molar-refractivity contribution in [2.45, 2.75) is 67.0 Å². The Bertz CT molecular complexity index is 379. The average Bonchev–Trinajstić information content (AvgIpc) is 2.68. The minimum absolute atomic E-state index is 0.178. The van der Waals surface area contributed by atoms with E-state index in [4.69, 9.17) is 0 Å². The summed E-state index contributed by atoms with van der Waals surface area (Å²) in [5.74, 6) is 0.612. The molecule has 19 heavy (non-hydrogen) atoms. The number of hydrogen-bond acceptors (Lipinski definition) is 2. The SMILES string of the molecule is CCn1cc(CC(CNC(C)(C)C)C(C)(C)C)cn1. The van der Waals surface area contributed by atoms with Gasteiger partial charge in [-0.15, -0.1) is 0 Å². The van der Waals surface area contributed by atoms with Crippen molar-refractivity contribution in [2.24, 2.45) is 11.3 Å². The lowest BCUT2D eigenvalue weighted by Gasteiger charge is -2.33. The van der Waals surface area contributed by atoms with E-state index in [2.05, 4.69) is 65.1 Å². The van der Waals surface area contributed by atoms with Gasteiger partial charge in [0.15, 0.2) is 0 Å². The van der Waals surface area contributed by atoms with E-state index in [1.54, 1.807) is 0 Å². The van der Waals surface area contributed by atoms with Crippen LogP contribution in [-0.2, 0) is 13.0 Å². The van der Waals surface area contributed by atoms with Crippen LogP contribution in [0.25, 0.3) is 0 Å². The Morgan fingerprint density at radius 3 is 2.26 bits per heavy atom. The van der Waals surface area contributed by atoms with Crippen LogP contribution in [0.4, 0.5) is 0 Å². The molecule has 1 unspecified atom stereocenters. The summed E-state index contributed by atoms with van der Waals surface area (Å²) in [7, 11) is 0. The molecule has 0 aliphatic rings. The molecular formula is C16H31N3. The van der Waals surface area contributed by atoms with Crippen LogP contribution >= 0.6 is 0 Å². The Hall–Kier alpha value is -0.830. The molecule has 3 nitrogen and oxygen atoms in total. The van der Waals surface area contributed by atoms with Crippen molar-refractivity contribution in [3.63, 3.8) is 0 Å². The third-order valence-corrected chi connectivity index (χ3v) is 3.60. The van der Waals surface area contributed by atoms with Gasteiger partial charge >= 0.3 is 0 Å². The molecule has 0 aliphatic carbocycles. The summed E-state index contributed by atoms with van der Waals surface area (Å²) >= 11 is 0. The van der Waals surface area contributed by atoms with Gasteiger partial charge in [-0.1, -0.05) is 20.8 Å². The molecule has 0 amide bonds. The fraction of sp³-hybridized carbons (Fsp3) is 0.812. The molecule has 0 bridgehead atoms. The Morgan fingerprint density at radius 2 is 1.84 bits per heavy atom. The van der Waals surface area contributed by atoms with Gasteiger partial charge in [-0.25, -0.2) is 0 Å². The van der Waals surface area contributed by atoms with Crippen LogP contribution < -0.4 is 5.32 Å². The van der Waals surface area contributed by atoms with Crippen LogP contribution in [0, 0.1) is 11.3 Å². The molecule has 1 heterocycles. The maximum atomic E-state index is 4.37. The molecule has 3 heteroatoms. The lowest BCUT2D eigenvalue weighted by molar-refractivity contribution is 0.214. The fourth-order valence-electron chi connectivity index (χ4n) is 2.08. The molecule has 0 aromatic carbocycles. The molecular weight excluding hydrogens is 234 g/mol. The number of hydrogen-bond donors (Lipinski definition) is 1. The van der Waals surface area contributed by atoms with E-state index in [-0.39, 0.29) is 5.54 Å². The van der Waals surface area contributed by atoms with Crippen LogP contribution in [0.1, 0.15) is 54.0 Å².